The fourth-order valence-corrected chi connectivity index (χ4v) is 1.88. The second-order valence-corrected chi connectivity index (χ2v) is 5.70. The smallest absolute Gasteiger partial charge is 0.179 e. The van der Waals surface area contributed by atoms with Gasteiger partial charge in [-0.15, -0.1) is 0 Å². The van der Waals surface area contributed by atoms with E-state index < -0.39 is 9.84 Å². The summed E-state index contributed by atoms with van der Waals surface area (Å²) >= 11 is 0. The first-order valence-electron chi connectivity index (χ1n) is 4.83. The fraction of sp³-hybridized carbons (Fsp3) is 0.364. The van der Waals surface area contributed by atoms with E-state index in [1.54, 1.807) is 31.3 Å². The first-order valence-corrected chi connectivity index (χ1v) is 6.72. The number of rotatable bonds is 4. The first kappa shape index (κ1) is 12.5. The molecule has 0 aliphatic heterocycles. The molecule has 0 amide bonds. The average Bonchev–Trinajstić information content (AvgIpc) is 2.25. The van der Waals surface area contributed by atoms with Crippen LogP contribution in [0.3, 0.4) is 0 Å². The Bertz CT molecular complexity index is 486. The minimum absolute atomic E-state index is 0.324. The molecule has 0 aliphatic carbocycles. The standard InChI is InChI=1S/C11H14N2O2S/c1-13(9-12)8-7-10-3-5-11(6-4-10)16(2,14)15/h3-6H,7-8H2,1-2H3. The van der Waals surface area contributed by atoms with Gasteiger partial charge in [0.25, 0.3) is 0 Å². The molecule has 1 rings (SSSR count). The zero-order valence-electron chi connectivity index (χ0n) is 9.34. The van der Waals surface area contributed by atoms with Gasteiger partial charge in [-0.1, -0.05) is 12.1 Å². The van der Waals surface area contributed by atoms with E-state index in [4.69, 9.17) is 5.26 Å². The third-order valence-electron chi connectivity index (χ3n) is 2.26. The summed E-state index contributed by atoms with van der Waals surface area (Å²) in [7, 11) is -1.41. The first-order chi connectivity index (χ1) is 7.43. The van der Waals surface area contributed by atoms with Gasteiger partial charge in [0.2, 0.25) is 0 Å². The summed E-state index contributed by atoms with van der Waals surface area (Å²) in [5.74, 6) is 0. The van der Waals surface area contributed by atoms with Crippen LogP contribution in [-0.4, -0.2) is 33.2 Å². The van der Waals surface area contributed by atoms with Gasteiger partial charge in [-0.25, -0.2) is 8.42 Å². The van der Waals surface area contributed by atoms with Gasteiger partial charge in [0.05, 0.1) is 4.90 Å². The fourth-order valence-electron chi connectivity index (χ4n) is 1.25. The number of nitriles is 1. The molecule has 0 unspecified atom stereocenters. The van der Waals surface area contributed by atoms with Crippen LogP contribution in [0, 0.1) is 11.5 Å². The van der Waals surface area contributed by atoms with Crippen LogP contribution in [0.2, 0.25) is 0 Å². The Morgan fingerprint density at radius 2 is 1.88 bits per heavy atom. The monoisotopic (exact) mass is 238 g/mol. The van der Waals surface area contributed by atoms with Crippen molar-refractivity contribution < 1.29 is 8.42 Å². The Morgan fingerprint density at radius 3 is 2.31 bits per heavy atom. The second-order valence-electron chi connectivity index (χ2n) is 3.69. The molecule has 0 N–H and O–H groups in total. The average molecular weight is 238 g/mol. The lowest BCUT2D eigenvalue weighted by molar-refractivity contribution is 0.478. The van der Waals surface area contributed by atoms with Crippen LogP contribution in [0.5, 0.6) is 0 Å². The summed E-state index contributed by atoms with van der Waals surface area (Å²) < 4.78 is 22.4. The molecule has 0 aliphatic rings. The summed E-state index contributed by atoms with van der Waals surface area (Å²) in [6, 6.07) is 6.75. The molecule has 0 heterocycles. The number of benzene rings is 1. The maximum absolute atomic E-state index is 11.2. The van der Waals surface area contributed by atoms with Crippen LogP contribution in [-0.2, 0) is 16.3 Å². The third-order valence-corrected chi connectivity index (χ3v) is 3.39. The molecule has 4 nitrogen and oxygen atoms in total. The Hall–Kier alpha value is -1.54. The van der Waals surface area contributed by atoms with E-state index in [1.165, 1.54) is 11.2 Å². The van der Waals surface area contributed by atoms with E-state index >= 15 is 0 Å². The second kappa shape index (κ2) is 4.99. The summed E-state index contributed by atoms with van der Waals surface area (Å²) in [4.78, 5) is 1.86. The summed E-state index contributed by atoms with van der Waals surface area (Å²) in [6.45, 7) is 0.634. The van der Waals surface area contributed by atoms with Crippen LogP contribution >= 0.6 is 0 Å². The Kier molecular flexibility index (Phi) is 3.91. The maximum atomic E-state index is 11.2. The zero-order chi connectivity index (χ0) is 12.2. The predicted octanol–water partition coefficient (Wildman–Crippen LogP) is 1.05. The number of likely N-dealkylation sites (N-methyl/N-ethyl adjacent to an activating group) is 1. The van der Waals surface area contributed by atoms with Crippen molar-refractivity contribution in [3.63, 3.8) is 0 Å². The van der Waals surface area contributed by atoms with E-state index in [9.17, 15) is 8.42 Å². The Morgan fingerprint density at radius 1 is 1.31 bits per heavy atom. The van der Waals surface area contributed by atoms with Crippen molar-refractivity contribution in [1.82, 2.24) is 4.90 Å². The molecule has 0 atom stereocenters. The number of hydrogen-bond donors (Lipinski definition) is 0. The van der Waals surface area contributed by atoms with E-state index in [0.29, 0.717) is 11.4 Å². The molecule has 16 heavy (non-hydrogen) atoms. The van der Waals surface area contributed by atoms with Gasteiger partial charge in [0, 0.05) is 19.8 Å². The minimum Gasteiger partial charge on any atom is -0.313 e. The lowest BCUT2D eigenvalue weighted by Gasteiger charge is -2.08. The van der Waals surface area contributed by atoms with Gasteiger partial charge in [0.1, 0.15) is 0 Å². The SMILES string of the molecule is CN(C#N)CCc1ccc(S(C)(=O)=O)cc1. The highest BCUT2D eigenvalue weighted by Crippen LogP contribution is 2.10. The van der Waals surface area contributed by atoms with Crippen molar-refractivity contribution in [3.8, 4) is 6.19 Å². The minimum atomic E-state index is -3.12. The Balaban J connectivity index is 2.70. The van der Waals surface area contributed by atoms with Gasteiger partial charge in [-0.2, -0.15) is 5.26 Å². The van der Waals surface area contributed by atoms with E-state index in [-0.39, 0.29) is 0 Å². The van der Waals surface area contributed by atoms with Gasteiger partial charge in [0.15, 0.2) is 16.0 Å². The molecule has 0 saturated carbocycles. The molecule has 0 fully saturated rings. The van der Waals surface area contributed by atoms with E-state index in [2.05, 4.69) is 0 Å². The van der Waals surface area contributed by atoms with Crippen molar-refractivity contribution in [2.24, 2.45) is 0 Å². The summed E-state index contributed by atoms with van der Waals surface area (Å²) in [5, 5.41) is 8.56. The van der Waals surface area contributed by atoms with Gasteiger partial charge in [-0.3, -0.25) is 0 Å². The Labute approximate surface area is 96.0 Å². The lowest BCUT2D eigenvalue weighted by atomic mass is 10.1. The number of hydrogen-bond acceptors (Lipinski definition) is 4. The molecule has 5 heteroatoms. The lowest BCUT2D eigenvalue weighted by Crippen LogP contribution is -2.14. The molecule has 0 aromatic heterocycles. The molecule has 1 aromatic rings. The molecule has 1 aromatic carbocycles. The number of sulfone groups is 1. The molecule has 0 saturated heterocycles. The van der Waals surface area contributed by atoms with Crippen molar-refractivity contribution in [2.45, 2.75) is 11.3 Å². The highest BCUT2D eigenvalue weighted by atomic mass is 32.2. The molecule has 0 bridgehead atoms. The third kappa shape index (κ3) is 3.55. The molecule has 86 valence electrons. The normalized spacial score (nSPS) is 10.8. The molecular weight excluding hydrogens is 224 g/mol. The van der Waals surface area contributed by atoms with E-state index in [1.807, 2.05) is 6.19 Å². The van der Waals surface area contributed by atoms with Crippen molar-refractivity contribution in [2.75, 3.05) is 19.8 Å². The topological polar surface area (TPSA) is 61.2 Å². The molecular formula is C11H14N2O2S. The highest BCUT2D eigenvalue weighted by molar-refractivity contribution is 7.90. The summed E-state index contributed by atoms with van der Waals surface area (Å²) in [5.41, 5.74) is 1.02. The summed E-state index contributed by atoms with van der Waals surface area (Å²) in [6.07, 6.45) is 3.92. The van der Waals surface area contributed by atoms with Crippen LogP contribution in [0.15, 0.2) is 29.2 Å². The van der Waals surface area contributed by atoms with Gasteiger partial charge >= 0.3 is 0 Å². The quantitative estimate of drug-likeness (QED) is 0.581. The number of nitrogens with zero attached hydrogens (tertiary/aromatic N) is 2. The highest BCUT2D eigenvalue weighted by Gasteiger charge is 2.06. The predicted molar refractivity (Wildman–Crippen MR) is 61.5 cm³/mol. The maximum Gasteiger partial charge on any atom is 0.179 e. The van der Waals surface area contributed by atoms with Crippen LogP contribution in [0.1, 0.15) is 5.56 Å². The van der Waals surface area contributed by atoms with Gasteiger partial charge in [-0.05, 0) is 24.1 Å². The molecule has 0 radical (unpaired) electrons. The van der Waals surface area contributed by atoms with Gasteiger partial charge < -0.3 is 4.90 Å². The van der Waals surface area contributed by atoms with Crippen molar-refractivity contribution in [3.05, 3.63) is 29.8 Å². The largest absolute Gasteiger partial charge is 0.313 e. The van der Waals surface area contributed by atoms with E-state index in [0.717, 1.165) is 12.0 Å². The zero-order valence-corrected chi connectivity index (χ0v) is 10.2. The van der Waals surface area contributed by atoms with Crippen LogP contribution in [0.4, 0.5) is 0 Å². The van der Waals surface area contributed by atoms with Crippen LogP contribution in [0.25, 0.3) is 0 Å². The molecule has 0 spiro atoms. The van der Waals surface area contributed by atoms with Crippen molar-refractivity contribution in [1.29, 1.82) is 5.26 Å². The van der Waals surface area contributed by atoms with Crippen molar-refractivity contribution >= 4 is 9.84 Å². The van der Waals surface area contributed by atoms with Crippen LogP contribution < -0.4 is 0 Å².